The zero-order valence-corrected chi connectivity index (χ0v) is 18.7. The van der Waals surface area contributed by atoms with Gasteiger partial charge in [0, 0.05) is 52.9 Å². The lowest BCUT2D eigenvalue weighted by Crippen LogP contribution is -2.17. The zero-order valence-electron chi connectivity index (χ0n) is 17.9. The number of rotatable bonds is 7. The van der Waals surface area contributed by atoms with E-state index in [1.165, 1.54) is 49.9 Å². The van der Waals surface area contributed by atoms with Gasteiger partial charge in [0.05, 0.1) is 17.4 Å². The summed E-state index contributed by atoms with van der Waals surface area (Å²) in [4.78, 5) is 25.9. The highest BCUT2D eigenvalue weighted by Crippen LogP contribution is 2.33. The smallest absolute Gasteiger partial charge is 0.420 e. The van der Waals surface area contributed by atoms with Crippen molar-refractivity contribution in [1.82, 2.24) is 19.5 Å². The van der Waals surface area contributed by atoms with Crippen molar-refractivity contribution in [1.29, 1.82) is 0 Å². The van der Waals surface area contributed by atoms with Crippen LogP contribution in [0.25, 0.3) is 22.2 Å². The monoisotopic (exact) mass is 483 g/mol. The Morgan fingerprint density at radius 3 is 2.56 bits per heavy atom. The number of nitrogens with zero attached hydrogens (tertiary/aromatic N) is 4. The van der Waals surface area contributed by atoms with Gasteiger partial charge < -0.3 is 14.6 Å². The van der Waals surface area contributed by atoms with Gasteiger partial charge in [0.25, 0.3) is 5.91 Å². The van der Waals surface area contributed by atoms with E-state index in [-0.39, 0.29) is 11.7 Å². The number of hydrogen-bond donors (Lipinski definition) is 1. The number of fused-ring (bicyclic) bond motifs is 1. The number of nitrogens with one attached hydrogen (secondary N) is 1. The molecule has 0 unspecified atom stereocenters. The molecule has 0 aliphatic heterocycles. The molecular weight excluding hydrogens is 464 g/mol. The number of anilines is 1. The molecule has 1 aliphatic carbocycles. The molecule has 4 aromatic rings. The molecule has 2 aromatic heterocycles. The quantitative estimate of drug-likeness (QED) is 0.340. The zero-order chi connectivity index (χ0) is 23.7. The lowest BCUT2D eigenvalue weighted by molar-refractivity contribution is -0.0964. The number of aromatic nitrogens is 4. The largest absolute Gasteiger partial charge is 0.487 e. The van der Waals surface area contributed by atoms with Gasteiger partial charge in [-0.25, -0.2) is 15.0 Å². The van der Waals surface area contributed by atoms with Gasteiger partial charge in [0.2, 0.25) is 0 Å². The summed E-state index contributed by atoms with van der Waals surface area (Å²) in [7, 11) is 0. The maximum atomic E-state index is 13.0. The summed E-state index contributed by atoms with van der Waals surface area (Å²) in [6, 6.07) is 9.02. The molecular formula is C24H20ClF2N5O2. The third-order valence-electron chi connectivity index (χ3n) is 5.87. The van der Waals surface area contributed by atoms with Gasteiger partial charge in [0.15, 0.2) is 0 Å². The van der Waals surface area contributed by atoms with Crippen LogP contribution in [0.15, 0.2) is 61.4 Å². The fourth-order valence-corrected chi connectivity index (χ4v) is 4.12. The maximum absolute atomic E-state index is 13.0. The molecule has 1 N–H and O–H groups in total. The van der Waals surface area contributed by atoms with Crippen LogP contribution in [-0.2, 0) is 6.54 Å². The van der Waals surface area contributed by atoms with E-state index in [0.717, 1.165) is 23.2 Å². The fraction of sp³-hybridized carbons (Fsp3) is 0.250. The summed E-state index contributed by atoms with van der Waals surface area (Å²) in [5.41, 5.74) is 0.220. The lowest BCUT2D eigenvalue weighted by Gasteiger charge is -2.26. The maximum Gasteiger partial charge on any atom is 0.487 e. The van der Waals surface area contributed by atoms with Crippen molar-refractivity contribution in [2.24, 2.45) is 5.92 Å². The number of imidazole rings is 1. The summed E-state index contributed by atoms with van der Waals surface area (Å²) < 4.78 is 32.0. The van der Waals surface area contributed by atoms with E-state index in [4.69, 9.17) is 11.6 Å². The van der Waals surface area contributed by atoms with Crippen molar-refractivity contribution in [2.45, 2.75) is 31.4 Å². The summed E-state index contributed by atoms with van der Waals surface area (Å²) >= 11 is 4.78. The predicted octanol–water partition coefficient (Wildman–Crippen LogP) is 5.71. The highest BCUT2D eigenvalue weighted by Gasteiger charge is 2.27. The van der Waals surface area contributed by atoms with E-state index in [0.29, 0.717) is 22.7 Å². The van der Waals surface area contributed by atoms with Crippen molar-refractivity contribution >= 4 is 34.2 Å². The normalized spacial score (nSPS) is 14.1. The van der Waals surface area contributed by atoms with Gasteiger partial charge >= 0.3 is 5.57 Å². The van der Waals surface area contributed by atoms with Crippen LogP contribution < -0.4 is 10.1 Å². The minimum absolute atomic E-state index is 0.122. The van der Waals surface area contributed by atoms with Gasteiger partial charge in [-0.15, -0.1) is 8.78 Å². The van der Waals surface area contributed by atoms with E-state index in [9.17, 15) is 13.6 Å². The molecule has 0 radical (unpaired) electrons. The molecule has 2 heterocycles. The first-order valence-electron chi connectivity index (χ1n) is 10.8. The molecule has 174 valence electrons. The van der Waals surface area contributed by atoms with Gasteiger partial charge in [0.1, 0.15) is 12.1 Å². The van der Waals surface area contributed by atoms with E-state index in [1.54, 1.807) is 24.5 Å². The summed E-state index contributed by atoms with van der Waals surface area (Å²) in [6.45, 7) is 0.874. The number of benzene rings is 2. The first-order valence-corrected chi connectivity index (χ1v) is 11.1. The van der Waals surface area contributed by atoms with Gasteiger partial charge in [-0.2, -0.15) is 0 Å². The molecule has 34 heavy (non-hydrogen) atoms. The topological polar surface area (TPSA) is 81.9 Å². The van der Waals surface area contributed by atoms with Crippen LogP contribution in [0.5, 0.6) is 5.75 Å². The molecule has 1 saturated carbocycles. The van der Waals surface area contributed by atoms with Crippen LogP contribution in [-0.4, -0.2) is 31.0 Å². The van der Waals surface area contributed by atoms with Crippen LogP contribution >= 0.6 is 11.6 Å². The SMILES string of the molecule is O=C(Nc1ccc(OC(F)(F)Cl)cc1)c1cc(-c2cncnc2)c2c(c1)ncn2CC1CCC1. The number of carbonyl (C=O) groups excluding carboxylic acids is 1. The Balaban J connectivity index is 1.46. The Morgan fingerprint density at radius 2 is 1.91 bits per heavy atom. The Morgan fingerprint density at radius 1 is 1.18 bits per heavy atom. The summed E-state index contributed by atoms with van der Waals surface area (Å²) in [6.07, 6.45) is 10.3. The minimum Gasteiger partial charge on any atom is -0.420 e. The highest BCUT2D eigenvalue weighted by atomic mass is 35.5. The van der Waals surface area contributed by atoms with Crippen molar-refractivity contribution in [3.63, 3.8) is 0 Å². The summed E-state index contributed by atoms with van der Waals surface area (Å²) in [5, 5.41) is 2.77. The first-order chi connectivity index (χ1) is 16.4. The minimum atomic E-state index is -3.81. The molecule has 0 bridgehead atoms. The second-order valence-electron chi connectivity index (χ2n) is 8.24. The number of alkyl halides is 3. The molecule has 7 nitrogen and oxygen atoms in total. The van der Waals surface area contributed by atoms with Crippen LogP contribution in [0.3, 0.4) is 0 Å². The van der Waals surface area contributed by atoms with Crippen molar-refractivity contribution in [3.8, 4) is 16.9 Å². The molecule has 1 aliphatic rings. The number of hydrogen-bond acceptors (Lipinski definition) is 5. The molecule has 10 heteroatoms. The van der Waals surface area contributed by atoms with Crippen LogP contribution in [0.4, 0.5) is 14.5 Å². The van der Waals surface area contributed by atoms with Crippen molar-refractivity contribution in [2.75, 3.05) is 5.32 Å². The third-order valence-corrected chi connectivity index (χ3v) is 5.95. The number of amides is 1. The van der Waals surface area contributed by atoms with Gasteiger partial charge in [-0.1, -0.05) is 6.42 Å². The standard InChI is InChI=1S/C24H20ClF2N5O2/c25-24(26,27)34-19-6-4-18(5-7-19)31-23(33)16-8-20(17-10-28-13-29-11-17)22-21(9-16)30-14-32(22)12-15-2-1-3-15/h4-11,13-15H,1-3,12H2,(H,31,33). The van der Waals surface area contributed by atoms with Crippen molar-refractivity contribution in [3.05, 3.63) is 67.0 Å². The van der Waals surface area contributed by atoms with E-state index in [1.807, 2.05) is 6.33 Å². The van der Waals surface area contributed by atoms with Crippen LogP contribution in [0, 0.1) is 5.92 Å². The number of carbonyl (C=O) groups is 1. The fourth-order valence-electron chi connectivity index (χ4n) is 4.03. The number of ether oxygens (including phenoxy) is 1. The predicted molar refractivity (Wildman–Crippen MR) is 124 cm³/mol. The average Bonchev–Trinajstić information content (AvgIpc) is 3.19. The van der Waals surface area contributed by atoms with E-state index >= 15 is 0 Å². The molecule has 2 aromatic carbocycles. The lowest BCUT2D eigenvalue weighted by atomic mass is 9.85. The molecule has 0 saturated heterocycles. The number of halogens is 3. The Kier molecular flexibility index (Phi) is 5.87. The Hall–Kier alpha value is -3.59. The molecule has 0 spiro atoms. The Labute approximate surface area is 198 Å². The van der Waals surface area contributed by atoms with Crippen LogP contribution in [0.2, 0.25) is 0 Å². The average molecular weight is 484 g/mol. The highest BCUT2D eigenvalue weighted by molar-refractivity contribution is 6.20. The Bertz CT molecular complexity index is 1320. The molecule has 5 rings (SSSR count). The van der Waals surface area contributed by atoms with E-state index < -0.39 is 5.57 Å². The molecule has 1 fully saturated rings. The van der Waals surface area contributed by atoms with Crippen LogP contribution in [0.1, 0.15) is 29.6 Å². The second-order valence-corrected chi connectivity index (χ2v) is 8.68. The molecule has 1 amide bonds. The second kappa shape index (κ2) is 8.98. The van der Waals surface area contributed by atoms with Crippen molar-refractivity contribution < 1.29 is 18.3 Å². The molecule has 0 atom stereocenters. The van der Waals surface area contributed by atoms with E-state index in [2.05, 4.69) is 29.6 Å². The summed E-state index contributed by atoms with van der Waals surface area (Å²) in [5.74, 6) is 0.138. The van der Waals surface area contributed by atoms with Gasteiger partial charge in [-0.05, 0) is 55.2 Å². The third kappa shape index (κ3) is 4.84. The first kappa shape index (κ1) is 22.2. The van der Waals surface area contributed by atoms with Gasteiger partial charge in [-0.3, -0.25) is 4.79 Å².